The van der Waals surface area contributed by atoms with E-state index in [1.165, 1.54) is 23.5 Å². The summed E-state index contributed by atoms with van der Waals surface area (Å²) in [6, 6.07) is 9.89. The van der Waals surface area contributed by atoms with Gasteiger partial charge in [0.05, 0.1) is 9.88 Å². The Hall–Kier alpha value is -1.68. The van der Waals surface area contributed by atoms with E-state index in [1.54, 1.807) is 18.2 Å². The van der Waals surface area contributed by atoms with Crippen molar-refractivity contribution in [3.05, 3.63) is 47.1 Å². The van der Waals surface area contributed by atoms with Crippen LogP contribution in [0.4, 0.5) is 15.1 Å². The number of anilines is 2. The van der Waals surface area contributed by atoms with Gasteiger partial charge in [-0.2, -0.15) is 0 Å². The fourth-order valence-corrected chi connectivity index (χ4v) is 2.18. The van der Waals surface area contributed by atoms with E-state index in [1.807, 2.05) is 18.0 Å². The van der Waals surface area contributed by atoms with Gasteiger partial charge >= 0.3 is 0 Å². The molecule has 0 radical (unpaired) electrons. The molecule has 2 nitrogen and oxygen atoms in total. The van der Waals surface area contributed by atoms with Gasteiger partial charge in [0.25, 0.3) is 0 Å². The van der Waals surface area contributed by atoms with Crippen LogP contribution in [-0.4, -0.2) is 13.3 Å². The summed E-state index contributed by atoms with van der Waals surface area (Å²) in [7, 11) is 1.88. The van der Waals surface area contributed by atoms with Crippen LogP contribution in [0.2, 0.25) is 0 Å². The van der Waals surface area contributed by atoms with Crippen LogP contribution in [0.25, 0.3) is 0 Å². The number of rotatable bonds is 3. The molecule has 0 fully saturated rings. The summed E-state index contributed by atoms with van der Waals surface area (Å²) < 4.78 is 12.7. The second kappa shape index (κ2) is 4.45. The molecular weight excluding hydrogens is 225 g/mol. The Kier molecular flexibility index (Phi) is 3.01. The average Bonchev–Trinajstić information content (AvgIpc) is 2.77. The molecule has 1 aromatic carbocycles. The van der Waals surface area contributed by atoms with Gasteiger partial charge in [-0.3, -0.25) is 4.79 Å². The molecule has 1 aromatic heterocycles. The molecule has 0 aliphatic rings. The number of nitrogens with zero attached hydrogens (tertiary/aromatic N) is 1. The molecule has 0 atom stereocenters. The van der Waals surface area contributed by atoms with Crippen molar-refractivity contribution in [3.8, 4) is 0 Å². The molecule has 1 heterocycles. The number of hydrogen-bond donors (Lipinski definition) is 0. The van der Waals surface area contributed by atoms with Crippen LogP contribution < -0.4 is 4.90 Å². The lowest BCUT2D eigenvalue weighted by Crippen LogP contribution is -2.07. The minimum atomic E-state index is -0.253. The second-order valence-corrected chi connectivity index (χ2v) is 4.42. The number of carbonyl (C=O) groups is 1. The van der Waals surface area contributed by atoms with E-state index in [9.17, 15) is 9.18 Å². The van der Waals surface area contributed by atoms with Crippen LogP contribution in [0.1, 0.15) is 9.67 Å². The van der Waals surface area contributed by atoms with Crippen molar-refractivity contribution in [2.45, 2.75) is 0 Å². The number of aldehydes is 1. The molecule has 2 aromatic rings. The molecule has 0 unspecified atom stereocenters. The average molecular weight is 235 g/mol. The van der Waals surface area contributed by atoms with Crippen LogP contribution in [0.3, 0.4) is 0 Å². The van der Waals surface area contributed by atoms with Crippen LogP contribution in [0.5, 0.6) is 0 Å². The first-order valence-electron chi connectivity index (χ1n) is 4.75. The largest absolute Gasteiger partial charge is 0.336 e. The highest BCUT2D eigenvalue weighted by atomic mass is 32.1. The van der Waals surface area contributed by atoms with Gasteiger partial charge < -0.3 is 4.90 Å². The highest BCUT2D eigenvalue weighted by Gasteiger charge is 2.06. The number of benzene rings is 1. The maximum Gasteiger partial charge on any atom is 0.160 e. The number of halogens is 1. The van der Waals surface area contributed by atoms with Crippen molar-refractivity contribution in [1.82, 2.24) is 0 Å². The topological polar surface area (TPSA) is 20.3 Å². The van der Waals surface area contributed by atoms with Gasteiger partial charge in [0, 0.05) is 12.7 Å². The summed E-state index contributed by atoms with van der Waals surface area (Å²) in [5.41, 5.74) is 0.890. The standard InChI is InChI=1S/C12H10FNOS/c1-14(10-4-2-9(13)3-5-10)12-7-6-11(8-15)16-12/h2-8H,1H3. The first kappa shape index (κ1) is 10.8. The molecule has 4 heteroatoms. The highest BCUT2D eigenvalue weighted by Crippen LogP contribution is 2.29. The van der Waals surface area contributed by atoms with Gasteiger partial charge in [-0.25, -0.2) is 4.39 Å². The zero-order valence-corrected chi connectivity index (χ0v) is 9.50. The fraction of sp³-hybridized carbons (Fsp3) is 0.0833. The Morgan fingerprint density at radius 1 is 1.19 bits per heavy atom. The van der Waals surface area contributed by atoms with Crippen molar-refractivity contribution in [1.29, 1.82) is 0 Å². The molecule has 0 aliphatic carbocycles. The van der Waals surface area contributed by atoms with Crippen molar-refractivity contribution in [3.63, 3.8) is 0 Å². The van der Waals surface area contributed by atoms with E-state index in [-0.39, 0.29) is 5.82 Å². The Morgan fingerprint density at radius 3 is 2.44 bits per heavy atom. The van der Waals surface area contributed by atoms with Crippen LogP contribution >= 0.6 is 11.3 Å². The van der Waals surface area contributed by atoms with Gasteiger partial charge in [0.15, 0.2) is 6.29 Å². The predicted octanol–water partition coefficient (Wildman–Crippen LogP) is 3.47. The molecule has 0 spiro atoms. The van der Waals surface area contributed by atoms with Crippen LogP contribution in [0.15, 0.2) is 36.4 Å². The van der Waals surface area contributed by atoms with Gasteiger partial charge in [0.1, 0.15) is 5.82 Å². The summed E-state index contributed by atoms with van der Waals surface area (Å²) in [6.45, 7) is 0. The summed E-state index contributed by atoms with van der Waals surface area (Å²) in [5.74, 6) is -0.253. The zero-order valence-electron chi connectivity index (χ0n) is 8.68. The van der Waals surface area contributed by atoms with E-state index in [2.05, 4.69) is 0 Å². The molecule has 0 saturated carbocycles. The molecule has 16 heavy (non-hydrogen) atoms. The predicted molar refractivity (Wildman–Crippen MR) is 64.2 cm³/mol. The monoisotopic (exact) mass is 235 g/mol. The maximum atomic E-state index is 12.7. The zero-order chi connectivity index (χ0) is 11.5. The van der Waals surface area contributed by atoms with E-state index in [0.717, 1.165) is 17.0 Å². The summed E-state index contributed by atoms with van der Waals surface area (Å²) in [6.07, 6.45) is 0.826. The van der Waals surface area contributed by atoms with Gasteiger partial charge in [-0.05, 0) is 36.4 Å². The van der Waals surface area contributed by atoms with Crippen molar-refractivity contribution in [2.24, 2.45) is 0 Å². The molecule has 0 saturated heterocycles. The normalized spacial score (nSPS) is 10.1. The molecule has 2 rings (SSSR count). The minimum absolute atomic E-state index is 0.253. The van der Waals surface area contributed by atoms with E-state index < -0.39 is 0 Å². The Labute approximate surface area is 96.9 Å². The quantitative estimate of drug-likeness (QED) is 0.759. The Balaban J connectivity index is 2.27. The first-order chi connectivity index (χ1) is 7.70. The van der Waals surface area contributed by atoms with Gasteiger partial charge in [-0.15, -0.1) is 11.3 Å². The number of thiophene rings is 1. The van der Waals surface area contributed by atoms with Crippen molar-refractivity contribution in [2.75, 3.05) is 11.9 Å². The summed E-state index contributed by atoms with van der Waals surface area (Å²) in [4.78, 5) is 13.2. The van der Waals surface area contributed by atoms with E-state index in [4.69, 9.17) is 0 Å². The summed E-state index contributed by atoms with van der Waals surface area (Å²) >= 11 is 1.40. The molecule has 0 aliphatic heterocycles. The maximum absolute atomic E-state index is 12.7. The molecule has 0 N–H and O–H groups in total. The smallest absolute Gasteiger partial charge is 0.160 e. The van der Waals surface area contributed by atoms with Gasteiger partial charge in [0.2, 0.25) is 0 Å². The number of hydrogen-bond acceptors (Lipinski definition) is 3. The van der Waals surface area contributed by atoms with Crippen molar-refractivity contribution >= 4 is 28.3 Å². The number of carbonyl (C=O) groups excluding carboxylic acids is 1. The van der Waals surface area contributed by atoms with Crippen molar-refractivity contribution < 1.29 is 9.18 Å². The van der Waals surface area contributed by atoms with Gasteiger partial charge in [-0.1, -0.05) is 0 Å². The third kappa shape index (κ3) is 2.12. The summed E-state index contributed by atoms with van der Waals surface area (Å²) in [5, 5.41) is 0.953. The Bertz CT molecular complexity index is 492. The van der Waals surface area contributed by atoms with Crippen LogP contribution in [-0.2, 0) is 0 Å². The SMILES string of the molecule is CN(c1ccc(F)cc1)c1ccc(C=O)s1. The second-order valence-electron chi connectivity index (χ2n) is 3.33. The highest BCUT2D eigenvalue weighted by molar-refractivity contribution is 7.17. The Morgan fingerprint density at radius 2 is 1.88 bits per heavy atom. The third-order valence-corrected chi connectivity index (χ3v) is 3.36. The lowest BCUT2D eigenvalue weighted by atomic mass is 10.3. The molecule has 0 amide bonds. The third-order valence-electron chi connectivity index (χ3n) is 2.27. The van der Waals surface area contributed by atoms with Crippen LogP contribution in [0, 0.1) is 5.82 Å². The first-order valence-corrected chi connectivity index (χ1v) is 5.56. The molecule has 82 valence electrons. The minimum Gasteiger partial charge on any atom is -0.336 e. The molecule has 0 bridgehead atoms. The fourth-order valence-electron chi connectivity index (χ4n) is 1.38. The van der Waals surface area contributed by atoms with E-state index in [0.29, 0.717) is 4.88 Å². The lowest BCUT2D eigenvalue weighted by Gasteiger charge is -2.16. The molecular formula is C12H10FNOS. The van der Waals surface area contributed by atoms with E-state index >= 15 is 0 Å². The lowest BCUT2D eigenvalue weighted by molar-refractivity contribution is 0.112.